The van der Waals surface area contributed by atoms with E-state index in [1.54, 1.807) is 25.6 Å². The fourth-order valence-electron chi connectivity index (χ4n) is 1.42. The number of pyridine rings is 2. The molecule has 0 aromatic carbocycles. The van der Waals surface area contributed by atoms with Gasteiger partial charge < -0.3 is 15.8 Å². The van der Waals surface area contributed by atoms with E-state index in [2.05, 4.69) is 15.3 Å². The Morgan fingerprint density at radius 3 is 2.94 bits per heavy atom. The molecule has 0 radical (unpaired) electrons. The number of ether oxygens (including phenoxy) is 1. The number of rotatable bonds is 4. The Balaban J connectivity index is 2.05. The first-order valence-corrected chi connectivity index (χ1v) is 5.23. The molecule has 0 bridgehead atoms. The molecule has 0 saturated carbocycles. The van der Waals surface area contributed by atoms with Crippen molar-refractivity contribution in [2.24, 2.45) is 0 Å². The average molecular weight is 230 g/mol. The maximum atomic E-state index is 5.78. The zero-order valence-electron chi connectivity index (χ0n) is 9.55. The summed E-state index contributed by atoms with van der Waals surface area (Å²) in [6.07, 6.45) is 3.41. The molecule has 0 amide bonds. The monoisotopic (exact) mass is 230 g/mol. The van der Waals surface area contributed by atoms with E-state index in [1.807, 2.05) is 18.2 Å². The third kappa shape index (κ3) is 2.84. The molecule has 3 N–H and O–H groups in total. The molecule has 2 rings (SSSR count). The van der Waals surface area contributed by atoms with Crippen molar-refractivity contribution < 1.29 is 4.74 Å². The summed E-state index contributed by atoms with van der Waals surface area (Å²) in [7, 11) is 1.59. The van der Waals surface area contributed by atoms with Gasteiger partial charge in [0, 0.05) is 25.0 Å². The van der Waals surface area contributed by atoms with Gasteiger partial charge in [0.05, 0.1) is 12.8 Å². The molecule has 0 atom stereocenters. The summed E-state index contributed by atoms with van der Waals surface area (Å²) < 4.78 is 5.05. The fraction of sp³-hybridized carbons (Fsp3) is 0.167. The van der Waals surface area contributed by atoms with Crippen LogP contribution in [0.1, 0.15) is 5.56 Å². The summed E-state index contributed by atoms with van der Waals surface area (Å²) in [4.78, 5) is 8.19. The lowest BCUT2D eigenvalue weighted by molar-refractivity contribution is 0.397. The van der Waals surface area contributed by atoms with E-state index in [0.717, 1.165) is 5.56 Å². The predicted octanol–water partition coefficient (Wildman–Crippen LogP) is 1.68. The zero-order valence-corrected chi connectivity index (χ0v) is 9.55. The van der Waals surface area contributed by atoms with Gasteiger partial charge in [0.15, 0.2) is 0 Å². The van der Waals surface area contributed by atoms with Crippen molar-refractivity contribution in [3.05, 3.63) is 42.2 Å². The molecule has 17 heavy (non-hydrogen) atoms. The number of nitrogens with zero attached hydrogens (tertiary/aromatic N) is 2. The van der Waals surface area contributed by atoms with Gasteiger partial charge in [-0.3, -0.25) is 0 Å². The lowest BCUT2D eigenvalue weighted by atomic mass is 10.2. The van der Waals surface area contributed by atoms with Crippen molar-refractivity contribution in [3.8, 4) is 5.88 Å². The van der Waals surface area contributed by atoms with Crippen molar-refractivity contribution >= 4 is 11.5 Å². The van der Waals surface area contributed by atoms with Crippen molar-refractivity contribution in [3.63, 3.8) is 0 Å². The van der Waals surface area contributed by atoms with Crippen LogP contribution in [0.25, 0.3) is 0 Å². The standard InChI is InChI=1S/C12H14N4O/c1-17-11-7-9(4-6-14-11)8-16-12-10(13)3-2-5-15-12/h2-7H,8,13H2,1H3,(H,15,16). The van der Waals surface area contributed by atoms with E-state index in [4.69, 9.17) is 10.5 Å². The number of aromatic nitrogens is 2. The molecule has 5 nitrogen and oxygen atoms in total. The number of hydrogen-bond acceptors (Lipinski definition) is 5. The summed E-state index contributed by atoms with van der Waals surface area (Å²) in [5.74, 6) is 1.28. The van der Waals surface area contributed by atoms with E-state index in [-0.39, 0.29) is 0 Å². The number of nitrogen functional groups attached to an aromatic ring is 1. The normalized spacial score (nSPS) is 9.94. The Kier molecular flexibility index (Phi) is 3.40. The van der Waals surface area contributed by atoms with Crippen LogP contribution in [0, 0.1) is 0 Å². The average Bonchev–Trinajstić information content (AvgIpc) is 2.38. The third-order valence-electron chi connectivity index (χ3n) is 2.31. The van der Waals surface area contributed by atoms with Crippen LogP contribution in [0.3, 0.4) is 0 Å². The van der Waals surface area contributed by atoms with E-state index in [1.165, 1.54) is 0 Å². The van der Waals surface area contributed by atoms with Crippen molar-refractivity contribution in [2.45, 2.75) is 6.54 Å². The van der Waals surface area contributed by atoms with Gasteiger partial charge in [0.25, 0.3) is 0 Å². The number of anilines is 2. The van der Waals surface area contributed by atoms with Gasteiger partial charge in [0.2, 0.25) is 5.88 Å². The molecule has 0 aliphatic carbocycles. The summed E-state index contributed by atoms with van der Waals surface area (Å²) >= 11 is 0. The SMILES string of the molecule is COc1cc(CNc2ncccc2N)ccn1. The molecule has 2 aromatic rings. The van der Waals surface area contributed by atoms with Gasteiger partial charge in [-0.2, -0.15) is 0 Å². The second-order valence-electron chi connectivity index (χ2n) is 3.50. The quantitative estimate of drug-likeness (QED) is 0.836. The second kappa shape index (κ2) is 5.16. The predicted molar refractivity (Wildman–Crippen MR) is 66.8 cm³/mol. The van der Waals surface area contributed by atoms with Gasteiger partial charge in [-0.25, -0.2) is 9.97 Å². The molecular weight excluding hydrogens is 216 g/mol. The summed E-state index contributed by atoms with van der Waals surface area (Å²) in [6.45, 7) is 0.625. The van der Waals surface area contributed by atoms with Crippen LogP contribution in [0.15, 0.2) is 36.7 Å². The van der Waals surface area contributed by atoms with Gasteiger partial charge in [-0.1, -0.05) is 0 Å². The van der Waals surface area contributed by atoms with Crippen LogP contribution in [0.5, 0.6) is 5.88 Å². The largest absolute Gasteiger partial charge is 0.481 e. The van der Waals surface area contributed by atoms with E-state index < -0.39 is 0 Å². The van der Waals surface area contributed by atoms with Crippen LogP contribution in [0.4, 0.5) is 11.5 Å². The lowest BCUT2D eigenvalue weighted by Gasteiger charge is -2.08. The van der Waals surface area contributed by atoms with E-state index >= 15 is 0 Å². The van der Waals surface area contributed by atoms with Crippen molar-refractivity contribution in [2.75, 3.05) is 18.2 Å². The molecule has 0 aliphatic heterocycles. The minimum Gasteiger partial charge on any atom is -0.481 e. The van der Waals surface area contributed by atoms with Gasteiger partial charge in [-0.05, 0) is 23.8 Å². The molecular formula is C12H14N4O. The fourth-order valence-corrected chi connectivity index (χ4v) is 1.42. The highest BCUT2D eigenvalue weighted by Crippen LogP contribution is 2.15. The van der Waals surface area contributed by atoms with E-state index in [9.17, 15) is 0 Å². The molecule has 0 fully saturated rings. The lowest BCUT2D eigenvalue weighted by Crippen LogP contribution is -2.04. The van der Waals surface area contributed by atoms with Gasteiger partial charge in [0.1, 0.15) is 5.82 Å². The number of methoxy groups -OCH3 is 1. The minimum atomic E-state index is 0.596. The van der Waals surface area contributed by atoms with Crippen LogP contribution >= 0.6 is 0 Å². The second-order valence-corrected chi connectivity index (χ2v) is 3.50. The van der Waals surface area contributed by atoms with Gasteiger partial charge in [-0.15, -0.1) is 0 Å². The summed E-state index contributed by atoms with van der Waals surface area (Å²) in [5, 5.41) is 3.16. The van der Waals surface area contributed by atoms with E-state index in [0.29, 0.717) is 23.9 Å². The highest BCUT2D eigenvalue weighted by Gasteiger charge is 2.00. The Morgan fingerprint density at radius 1 is 1.29 bits per heavy atom. The topological polar surface area (TPSA) is 73.1 Å². The maximum Gasteiger partial charge on any atom is 0.213 e. The highest BCUT2D eigenvalue weighted by molar-refractivity contribution is 5.60. The number of nitrogens with one attached hydrogen (secondary N) is 1. The molecule has 0 unspecified atom stereocenters. The Morgan fingerprint density at radius 2 is 2.18 bits per heavy atom. The third-order valence-corrected chi connectivity index (χ3v) is 2.31. The first-order valence-electron chi connectivity index (χ1n) is 5.23. The maximum absolute atomic E-state index is 5.78. The minimum absolute atomic E-state index is 0.596. The Labute approximate surface area is 99.7 Å². The molecule has 2 heterocycles. The van der Waals surface area contributed by atoms with Crippen LogP contribution < -0.4 is 15.8 Å². The molecule has 0 aliphatic rings. The molecule has 88 valence electrons. The molecule has 0 spiro atoms. The zero-order chi connectivity index (χ0) is 12.1. The first kappa shape index (κ1) is 11.2. The highest BCUT2D eigenvalue weighted by atomic mass is 16.5. The van der Waals surface area contributed by atoms with Crippen molar-refractivity contribution in [1.82, 2.24) is 9.97 Å². The molecule has 2 aromatic heterocycles. The summed E-state index contributed by atoms with van der Waals surface area (Å²) in [5.41, 5.74) is 7.47. The molecule has 0 saturated heterocycles. The summed E-state index contributed by atoms with van der Waals surface area (Å²) in [6, 6.07) is 7.39. The van der Waals surface area contributed by atoms with Crippen LogP contribution in [-0.4, -0.2) is 17.1 Å². The van der Waals surface area contributed by atoms with Crippen molar-refractivity contribution in [1.29, 1.82) is 0 Å². The van der Waals surface area contributed by atoms with Gasteiger partial charge >= 0.3 is 0 Å². The van der Waals surface area contributed by atoms with Crippen LogP contribution in [0.2, 0.25) is 0 Å². The molecule has 5 heteroatoms. The van der Waals surface area contributed by atoms with Crippen LogP contribution in [-0.2, 0) is 6.54 Å². The Bertz CT molecular complexity index is 501. The Hall–Kier alpha value is -2.30. The smallest absolute Gasteiger partial charge is 0.213 e. The number of nitrogens with two attached hydrogens (primary N) is 1. The first-order chi connectivity index (χ1) is 8.29. The number of hydrogen-bond donors (Lipinski definition) is 2.